The zero-order valence-corrected chi connectivity index (χ0v) is 12.2. The summed E-state index contributed by atoms with van der Waals surface area (Å²) in [7, 11) is 3.65. The molecule has 3 heteroatoms. The largest absolute Gasteiger partial charge is 0.359 e. The maximum Gasteiger partial charge on any atom is 0.190 e. The van der Waals surface area contributed by atoms with Crippen LogP contribution in [0.4, 0.5) is 0 Å². The summed E-state index contributed by atoms with van der Waals surface area (Å²) in [6.45, 7) is 7.51. The van der Waals surface area contributed by atoms with Crippen molar-refractivity contribution in [2.24, 2.45) is 4.99 Å². The van der Waals surface area contributed by atoms with Crippen molar-refractivity contribution in [3.05, 3.63) is 35.4 Å². The standard InChI is InChI=1S/C15H25N3/c1-6-12-7-9-13(10-8-12)15(2,3)11-18-14(16-4)17-5/h7-10H,6,11H2,1-5H3,(H2,16,17,18). The lowest BCUT2D eigenvalue weighted by Crippen LogP contribution is -2.42. The van der Waals surface area contributed by atoms with E-state index in [-0.39, 0.29) is 5.41 Å². The van der Waals surface area contributed by atoms with Crippen molar-refractivity contribution in [1.29, 1.82) is 0 Å². The summed E-state index contributed by atoms with van der Waals surface area (Å²) in [5, 5.41) is 6.36. The molecule has 0 heterocycles. The van der Waals surface area contributed by atoms with Crippen LogP contribution in [0, 0.1) is 0 Å². The maximum atomic E-state index is 4.13. The van der Waals surface area contributed by atoms with Crippen molar-refractivity contribution >= 4 is 5.96 Å². The Hall–Kier alpha value is -1.51. The van der Waals surface area contributed by atoms with Gasteiger partial charge < -0.3 is 10.6 Å². The molecule has 1 aromatic carbocycles. The predicted octanol–water partition coefficient (Wildman–Crippen LogP) is 2.32. The predicted molar refractivity (Wildman–Crippen MR) is 79.3 cm³/mol. The van der Waals surface area contributed by atoms with Gasteiger partial charge in [-0.25, -0.2) is 0 Å². The van der Waals surface area contributed by atoms with E-state index < -0.39 is 0 Å². The third kappa shape index (κ3) is 3.76. The van der Waals surface area contributed by atoms with Gasteiger partial charge in [0, 0.05) is 26.1 Å². The first-order valence-corrected chi connectivity index (χ1v) is 6.51. The van der Waals surface area contributed by atoms with Crippen molar-refractivity contribution < 1.29 is 0 Å². The number of hydrogen-bond acceptors (Lipinski definition) is 1. The second-order valence-corrected chi connectivity index (χ2v) is 5.11. The number of aliphatic imine (C=N–C) groups is 1. The highest BCUT2D eigenvalue weighted by atomic mass is 15.2. The minimum atomic E-state index is 0.0824. The Labute approximate surface area is 111 Å². The number of guanidine groups is 1. The van der Waals surface area contributed by atoms with E-state index >= 15 is 0 Å². The average molecular weight is 247 g/mol. The number of benzene rings is 1. The molecule has 0 aliphatic carbocycles. The van der Waals surface area contributed by atoms with Gasteiger partial charge in [-0.2, -0.15) is 0 Å². The molecule has 100 valence electrons. The molecular weight excluding hydrogens is 222 g/mol. The molecule has 3 nitrogen and oxygen atoms in total. The third-order valence-corrected chi connectivity index (χ3v) is 3.30. The molecule has 0 atom stereocenters. The van der Waals surface area contributed by atoms with Crippen molar-refractivity contribution in [2.75, 3.05) is 20.6 Å². The number of nitrogens with one attached hydrogen (secondary N) is 2. The number of nitrogens with zero attached hydrogens (tertiary/aromatic N) is 1. The molecule has 0 unspecified atom stereocenters. The van der Waals surface area contributed by atoms with E-state index in [0.717, 1.165) is 18.9 Å². The van der Waals surface area contributed by atoms with Gasteiger partial charge in [0.05, 0.1) is 0 Å². The first kappa shape index (κ1) is 14.6. The minimum Gasteiger partial charge on any atom is -0.359 e. The average Bonchev–Trinajstić information content (AvgIpc) is 2.40. The molecule has 0 spiro atoms. The highest BCUT2D eigenvalue weighted by molar-refractivity contribution is 5.79. The molecule has 0 aliphatic heterocycles. The molecule has 0 aromatic heterocycles. The smallest absolute Gasteiger partial charge is 0.190 e. The molecule has 1 aromatic rings. The Kier molecular flexibility index (Phi) is 5.20. The van der Waals surface area contributed by atoms with Crippen LogP contribution >= 0.6 is 0 Å². The summed E-state index contributed by atoms with van der Waals surface area (Å²) >= 11 is 0. The zero-order valence-electron chi connectivity index (χ0n) is 12.2. The molecule has 0 aliphatic rings. The van der Waals surface area contributed by atoms with Crippen LogP contribution in [-0.4, -0.2) is 26.6 Å². The van der Waals surface area contributed by atoms with Crippen molar-refractivity contribution in [1.82, 2.24) is 10.6 Å². The van der Waals surface area contributed by atoms with Gasteiger partial charge in [0.25, 0.3) is 0 Å². The molecule has 1 rings (SSSR count). The number of hydrogen-bond donors (Lipinski definition) is 2. The minimum absolute atomic E-state index is 0.0824. The number of rotatable bonds is 4. The topological polar surface area (TPSA) is 36.4 Å². The van der Waals surface area contributed by atoms with Gasteiger partial charge in [-0.15, -0.1) is 0 Å². The molecule has 0 saturated carbocycles. The summed E-state index contributed by atoms with van der Waals surface area (Å²) < 4.78 is 0. The van der Waals surface area contributed by atoms with E-state index in [1.54, 1.807) is 7.05 Å². The van der Waals surface area contributed by atoms with Crippen molar-refractivity contribution in [3.63, 3.8) is 0 Å². The van der Waals surface area contributed by atoms with Crippen molar-refractivity contribution in [3.8, 4) is 0 Å². The van der Waals surface area contributed by atoms with Gasteiger partial charge in [-0.05, 0) is 17.5 Å². The van der Waals surface area contributed by atoms with Crippen LogP contribution in [0.3, 0.4) is 0 Å². The fraction of sp³-hybridized carbons (Fsp3) is 0.533. The number of aryl methyl sites for hydroxylation is 1. The summed E-state index contributed by atoms with van der Waals surface area (Å²) in [5.74, 6) is 0.827. The van der Waals surface area contributed by atoms with Crippen LogP contribution in [0.15, 0.2) is 29.3 Å². The van der Waals surface area contributed by atoms with Gasteiger partial charge in [0.15, 0.2) is 5.96 Å². The Morgan fingerprint density at radius 1 is 1.22 bits per heavy atom. The van der Waals surface area contributed by atoms with Gasteiger partial charge >= 0.3 is 0 Å². The second-order valence-electron chi connectivity index (χ2n) is 5.11. The molecule has 0 saturated heterocycles. The first-order chi connectivity index (χ1) is 8.53. The summed E-state index contributed by atoms with van der Waals surface area (Å²) in [6, 6.07) is 8.87. The lowest BCUT2D eigenvalue weighted by Gasteiger charge is -2.26. The van der Waals surface area contributed by atoms with Crippen LogP contribution in [0.2, 0.25) is 0 Å². The lowest BCUT2D eigenvalue weighted by molar-refractivity contribution is 0.510. The molecule has 0 bridgehead atoms. The maximum absolute atomic E-state index is 4.13. The van der Waals surface area contributed by atoms with Gasteiger partial charge in [0.2, 0.25) is 0 Å². The molecule has 18 heavy (non-hydrogen) atoms. The Balaban J connectivity index is 2.72. The fourth-order valence-electron chi connectivity index (χ4n) is 1.88. The van der Waals surface area contributed by atoms with E-state index in [4.69, 9.17) is 0 Å². The summed E-state index contributed by atoms with van der Waals surface area (Å²) in [4.78, 5) is 4.13. The van der Waals surface area contributed by atoms with Gasteiger partial charge in [0.1, 0.15) is 0 Å². The highest BCUT2D eigenvalue weighted by Gasteiger charge is 2.20. The van der Waals surface area contributed by atoms with Crippen LogP contribution in [-0.2, 0) is 11.8 Å². The van der Waals surface area contributed by atoms with E-state index in [1.165, 1.54) is 11.1 Å². The highest BCUT2D eigenvalue weighted by Crippen LogP contribution is 2.22. The van der Waals surface area contributed by atoms with E-state index in [1.807, 2.05) is 7.05 Å². The van der Waals surface area contributed by atoms with Crippen LogP contribution in [0.5, 0.6) is 0 Å². The quantitative estimate of drug-likeness (QED) is 0.633. The van der Waals surface area contributed by atoms with E-state index in [0.29, 0.717) is 0 Å². The normalized spacial score (nSPS) is 12.4. The molecule has 0 amide bonds. The molecule has 2 N–H and O–H groups in total. The summed E-state index contributed by atoms with van der Waals surface area (Å²) in [6.07, 6.45) is 1.09. The van der Waals surface area contributed by atoms with Crippen LogP contribution < -0.4 is 10.6 Å². The Morgan fingerprint density at radius 2 is 1.83 bits per heavy atom. The zero-order chi connectivity index (χ0) is 13.6. The molecule has 0 radical (unpaired) electrons. The van der Waals surface area contributed by atoms with E-state index in [9.17, 15) is 0 Å². The SMILES string of the molecule is CCc1ccc(C(C)(C)CNC(=NC)NC)cc1. The Bertz CT molecular complexity index is 391. The van der Waals surface area contributed by atoms with E-state index in [2.05, 4.69) is 60.7 Å². The fourth-order valence-corrected chi connectivity index (χ4v) is 1.88. The summed E-state index contributed by atoms with van der Waals surface area (Å²) in [5.41, 5.74) is 2.81. The van der Waals surface area contributed by atoms with Gasteiger partial charge in [-0.3, -0.25) is 4.99 Å². The van der Waals surface area contributed by atoms with Gasteiger partial charge in [-0.1, -0.05) is 45.0 Å². The van der Waals surface area contributed by atoms with Crippen LogP contribution in [0.1, 0.15) is 31.9 Å². The monoisotopic (exact) mass is 247 g/mol. The Morgan fingerprint density at radius 3 is 2.28 bits per heavy atom. The molecular formula is C15H25N3. The third-order valence-electron chi connectivity index (χ3n) is 3.30. The second kappa shape index (κ2) is 6.43. The lowest BCUT2D eigenvalue weighted by atomic mass is 9.84. The van der Waals surface area contributed by atoms with Crippen molar-refractivity contribution in [2.45, 2.75) is 32.6 Å². The first-order valence-electron chi connectivity index (χ1n) is 6.51. The van der Waals surface area contributed by atoms with Crippen LogP contribution in [0.25, 0.3) is 0 Å². The molecule has 0 fully saturated rings.